The maximum absolute atomic E-state index is 12.1. The third-order valence-corrected chi connectivity index (χ3v) is 2.79. The molecule has 0 unspecified atom stereocenters. The second-order valence-corrected chi connectivity index (χ2v) is 4.56. The van der Waals surface area contributed by atoms with E-state index in [1.54, 1.807) is 25.1 Å². The third kappa shape index (κ3) is 3.67. The van der Waals surface area contributed by atoms with Crippen molar-refractivity contribution in [1.82, 2.24) is 20.5 Å². The summed E-state index contributed by atoms with van der Waals surface area (Å²) in [5, 5.41) is 20.1. The minimum atomic E-state index is -0.448. The molecule has 2 heterocycles. The molecule has 2 aromatic rings. The molecule has 0 bridgehead atoms. The van der Waals surface area contributed by atoms with Crippen LogP contribution in [0, 0.1) is 11.3 Å². The van der Waals surface area contributed by atoms with E-state index in [9.17, 15) is 9.59 Å². The first-order chi connectivity index (χ1) is 10.6. The Morgan fingerprint density at radius 3 is 2.91 bits per heavy atom. The average molecular weight is 298 g/mol. The molecule has 112 valence electrons. The number of anilines is 1. The van der Waals surface area contributed by atoms with E-state index >= 15 is 0 Å². The Morgan fingerprint density at radius 2 is 2.23 bits per heavy atom. The van der Waals surface area contributed by atoms with E-state index in [0.29, 0.717) is 0 Å². The Morgan fingerprint density at radius 1 is 1.41 bits per heavy atom. The van der Waals surface area contributed by atoms with Crippen molar-refractivity contribution in [2.75, 3.05) is 5.32 Å². The number of nitriles is 1. The van der Waals surface area contributed by atoms with Crippen molar-refractivity contribution in [1.29, 1.82) is 5.26 Å². The molecule has 0 aromatic carbocycles. The van der Waals surface area contributed by atoms with Crippen molar-refractivity contribution in [2.24, 2.45) is 0 Å². The van der Waals surface area contributed by atoms with Gasteiger partial charge >= 0.3 is 0 Å². The van der Waals surface area contributed by atoms with Gasteiger partial charge < -0.3 is 10.6 Å². The number of hydrogen-bond acceptors (Lipinski definition) is 5. The van der Waals surface area contributed by atoms with Crippen LogP contribution >= 0.6 is 0 Å². The molecular formula is C14H14N6O2. The van der Waals surface area contributed by atoms with Gasteiger partial charge in [0.15, 0.2) is 0 Å². The van der Waals surface area contributed by atoms with Crippen LogP contribution in [0.1, 0.15) is 34.3 Å². The summed E-state index contributed by atoms with van der Waals surface area (Å²) in [6.07, 6.45) is 3.03. The zero-order chi connectivity index (χ0) is 15.9. The molecule has 1 atom stereocenters. The van der Waals surface area contributed by atoms with Crippen LogP contribution < -0.4 is 10.6 Å². The molecule has 0 fully saturated rings. The fourth-order valence-electron chi connectivity index (χ4n) is 1.72. The van der Waals surface area contributed by atoms with Crippen LogP contribution in [0.3, 0.4) is 0 Å². The number of amides is 2. The van der Waals surface area contributed by atoms with E-state index in [4.69, 9.17) is 5.26 Å². The van der Waals surface area contributed by atoms with Gasteiger partial charge in [0.05, 0.1) is 24.4 Å². The molecule has 0 radical (unpaired) electrons. The van der Waals surface area contributed by atoms with E-state index < -0.39 is 11.8 Å². The lowest BCUT2D eigenvalue weighted by Crippen LogP contribution is -2.33. The number of nitrogens with zero attached hydrogens (tertiary/aromatic N) is 3. The lowest BCUT2D eigenvalue weighted by atomic mass is 10.2. The van der Waals surface area contributed by atoms with Gasteiger partial charge in [-0.25, -0.2) is 0 Å². The summed E-state index contributed by atoms with van der Waals surface area (Å²) < 4.78 is 0. The highest BCUT2D eigenvalue weighted by Gasteiger charge is 2.18. The summed E-state index contributed by atoms with van der Waals surface area (Å²) in [7, 11) is 0. The van der Waals surface area contributed by atoms with Crippen molar-refractivity contribution in [3.05, 3.63) is 42.0 Å². The van der Waals surface area contributed by atoms with Gasteiger partial charge in [-0.15, -0.1) is 0 Å². The monoisotopic (exact) mass is 298 g/mol. The molecule has 2 amide bonds. The summed E-state index contributed by atoms with van der Waals surface area (Å²) >= 11 is 0. The SMILES string of the molecule is C[C@H](CC#N)NC(=O)c1[nH]ncc1NC(=O)c1ccccn1. The summed E-state index contributed by atoms with van der Waals surface area (Å²) in [4.78, 5) is 28.0. The number of hydrogen-bond donors (Lipinski definition) is 3. The van der Waals surface area contributed by atoms with Crippen molar-refractivity contribution in [3.8, 4) is 6.07 Å². The Bertz CT molecular complexity index is 704. The number of carbonyl (C=O) groups excluding carboxylic acids is 2. The first-order valence-electron chi connectivity index (χ1n) is 6.55. The minimum Gasteiger partial charge on any atom is -0.347 e. The Balaban J connectivity index is 2.08. The first kappa shape index (κ1) is 15.2. The molecule has 0 spiro atoms. The molecule has 2 aromatic heterocycles. The largest absolute Gasteiger partial charge is 0.347 e. The molecule has 22 heavy (non-hydrogen) atoms. The second-order valence-electron chi connectivity index (χ2n) is 4.56. The van der Waals surface area contributed by atoms with E-state index in [-0.39, 0.29) is 29.5 Å². The normalized spacial score (nSPS) is 11.3. The van der Waals surface area contributed by atoms with Crippen LogP contribution in [0.5, 0.6) is 0 Å². The van der Waals surface area contributed by atoms with Crippen molar-refractivity contribution < 1.29 is 9.59 Å². The molecule has 0 aliphatic rings. The van der Waals surface area contributed by atoms with Crippen molar-refractivity contribution in [2.45, 2.75) is 19.4 Å². The van der Waals surface area contributed by atoms with Crippen LogP contribution in [-0.2, 0) is 0 Å². The Kier molecular flexibility index (Phi) is 4.82. The molecule has 8 heteroatoms. The number of aromatic amines is 1. The van der Waals surface area contributed by atoms with Gasteiger partial charge in [0.1, 0.15) is 11.4 Å². The molecular weight excluding hydrogens is 284 g/mol. The number of carbonyl (C=O) groups is 2. The maximum Gasteiger partial charge on any atom is 0.274 e. The van der Waals surface area contributed by atoms with Gasteiger partial charge in [0.25, 0.3) is 11.8 Å². The van der Waals surface area contributed by atoms with Gasteiger partial charge in [0, 0.05) is 12.2 Å². The van der Waals surface area contributed by atoms with E-state index in [2.05, 4.69) is 25.8 Å². The highest BCUT2D eigenvalue weighted by molar-refractivity contribution is 6.07. The van der Waals surface area contributed by atoms with Crippen LogP contribution in [0.25, 0.3) is 0 Å². The van der Waals surface area contributed by atoms with Crippen molar-refractivity contribution >= 4 is 17.5 Å². The van der Waals surface area contributed by atoms with Gasteiger partial charge in [-0.3, -0.25) is 19.7 Å². The van der Waals surface area contributed by atoms with Crippen LogP contribution in [-0.4, -0.2) is 33.0 Å². The molecule has 0 aliphatic heterocycles. The lowest BCUT2D eigenvalue weighted by Gasteiger charge is -2.10. The summed E-state index contributed by atoms with van der Waals surface area (Å²) in [6.45, 7) is 1.71. The highest BCUT2D eigenvalue weighted by Crippen LogP contribution is 2.13. The molecule has 0 aliphatic carbocycles. The minimum absolute atomic E-state index is 0.120. The maximum atomic E-state index is 12.1. The fraction of sp³-hybridized carbons (Fsp3) is 0.214. The summed E-state index contributed by atoms with van der Waals surface area (Å²) in [5.41, 5.74) is 0.597. The standard InChI is InChI=1S/C14H14N6O2/c1-9(5-6-15)18-14(22)12-11(8-17-20-12)19-13(21)10-4-2-3-7-16-10/h2-4,7-9H,5H2,1H3,(H,17,20)(H,18,22)(H,19,21)/t9-/m1/s1. The van der Waals surface area contributed by atoms with Gasteiger partial charge in [-0.2, -0.15) is 10.4 Å². The second kappa shape index (κ2) is 6.99. The molecule has 8 nitrogen and oxygen atoms in total. The van der Waals surface area contributed by atoms with Crippen LogP contribution in [0.2, 0.25) is 0 Å². The molecule has 0 saturated carbocycles. The number of H-pyrrole nitrogens is 1. The van der Waals surface area contributed by atoms with E-state index in [0.717, 1.165) is 0 Å². The number of rotatable bonds is 5. The predicted molar refractivity (Wildman–Crippen MR) is 77.9 cm³/mol. The molecule has 2 rings (SSSR count). The molecule has 0 saturated heterocycles. The van der Waals surface area contributed by atoms with E-state index in [1.807, 2.05) is 6.07 Å². The zero-order valence-electron chi connectivity index (χ0n) is 11.8. The third-order valence-electron chi connectivity index (χ3n) is 2.79. The Labute approximate surface area is 126 Å². The topological polar surface area (TPSA) is 124 Å². The van der Waals surface area contributed by atoms with Gasteiger partial charge in [-0.05, 0) is 19.1 Å². The van der Waals surface area contributed by atoms with Crippen LogP contribution in [0.4, 0.5) is 5.69 Å². The average Bonchev–Trinajstić information content (AvgIpc) is 2.96. The van der Waals surface area contributed by atoms with Crippen molar-refractivity contribution in [3.63, 3.8) is 0 Å². The first-order valence-corrected chi connectivity index (χ1v) is 6.55. The highest BCUT2D eigenvalue weighted by atomic mass is 16.2. The lowest BCUT2D eigenvalue weighted by molar-refractivity contribution is 0.0936. The van der Waals surface area contributed by atoms with E-state index in [1.165, 1.54) is 12.4 Å². The number of pyridine rings is 1. The zero-order valence-corrected chi connectivity index (χ0v) is 11.8. The predicted octanol–water partition coefficient (Wildman–Crippen LogP) is 1.09. The summed E-state index contributed by atoms with van der Waals surface area (Å²) in [5.74, 6) is -0.891. The fourth-order valence-corrected chi connectivity index (χ4v) is 1.72. The van der Waals surface area contributed by atoms with Gasteiger partial charge in [-0.1, -0.05) is 6.07 Å². The van der Waals surface area contributed by atoms with Gasteiger partial charge in [0.2, 0.25) is 0 Å². The quantitative estimate of drug-likeness (QED) is 0.762. The number of aromatic nitrogens is 3. The molecule has 3 N–H and O–H groups in total. The van der Waals surface area contributed by atoms with Crippen LogP contribution in [0.15, 0.2) is 30.6 Å². The smallest absolute Gasteiger partial charge is 0.274 e. The number of nitrogens with one attached hydrogen (secondary N) is 3. The summed E-state index contributed by atoms with van der Waals surface area (Å²) in [6, 6.07) is 6.61. The Hall–Kier alpha value is -3.21.